The Hall–Kier alpha value is -3.41. The van der Waals surface area contributed by atoms with Gasteiger partial charge in [0, 0.05) is 17.4 Å². The average molecular weight is 320 g/mol. The number of carboxylic acids is 1. The molecule has 0 aliphatic carbocycles. The van der Waals surface area contributed by atoms with Gasteiger partial charge >= 0.3 is 5.97 Å². The summed E-state index contributed by atoms with van der Waals surface area (Å²) in [5.41, 5.74) is 3.12. The first-order valence-corrected chi connectivity index (χ1v) is 7.36. The van der Waals surface area contributed by atoms with Crippen LogP contribution in [0.25, 0.3) is 0 Å². The fraction of sp³-hybridized carbons (Fsp3) is 0.0556. The molecule has 6 heteroatoms. The van der Waals surface area contributed by atoms with E-state index in [1.807, 2.05) is 31.2 Å². The van der Waals surface area contributed by atoms with E-state index in [-0.39, 0.29) is 5.56 Å². The molecule has 3 N–H and O–H groups in total. The predicted molar refractivity (Wildman–Crippen MR) is 93.2 cm³/mol. The maximum atomic E-state index is 10.9. The second-order valence-electron chi connectivity index (χ2n) is 5.29. The smallest absolute Gasteiger partial charge is 0.335 e. The van der Waals surface area contributed by atoms with Crippen LogP contribution in [0.1, 0.15) is 15.9 Å². The van der Waals surface area contributed by atoms with Gasteiger partial charge in [-0.05, 0) is 43.3 Å². The quantitative estimate of drug-likeness (QED) is 0.659. The molecule has 0 aliphatic heterocycles. The zero-order chi connectivity index (χ0) is 16.9. The Labute approximate surface area is 139 Å². The molecule has 0 saturated heterocycles. The second kappa shape index (κ2) is 6.78. The van der Waals surface area contributed by atoms with Crippen LogP contribution < -0.4 is 10.6 Å². The molecule has 0 amide bonds. The van der Waals surface area contributed by atoms with Crippen LogP contribution in [0, 0.1) is 6.92 Å². The second-order valence-corrected chi connectivity index (χ2v) is 5.29. The fourth-order valence-electron chi connectivity index (χ4n) is 2.12. The number of nitrogens with one attached hydrogen (secondary N) is 2. The Balaban J connectivity index is 1.72. The molecule has 0 radical (unpaired) electrons. The largest absolute Gasteiger partial charge is 0.478 e. The lowest BCUT2D eigenvalue weighted by Crippen LogP contribution is -1.99. The first-order valence-electron chi connectivity index (χ1n) is 7.36. The van der Waals surface area contributed by atoms with Gasteiger partial charge in [-0.15, -0.1) is 0 Å². The van der Waals surface area contributed by atoms with Crippen molar-refractivity contribution in [2.75, 3.05) is 10.6 Å². The molecule has 120 valence electrons. The molecule has 3 aromatic rings. The maximum Gasteiger partial charge on any atom is 0.335 e. The van der Waals surface area contributed by atoms with Crippen LogP contribution in [-0.2, 0) is 0 Å². The van der Waals surface area contributed by atoms with E-state index in [2.05, 4.69) is 20.6 Å². The van der Waals surface area contributed by atoms with Crippen LogP contribution in [0.3, 0.4) is 0 Å². The molecule has 1 heterocycles. The van der Waals surface area contributed by atoms with E-state index in [1.54, 1.807) is 18.2 Å². The van der Waals surface area contributed by atoms with Crippen molar-refractivity contribution in [3.8, 4) is 0 Å². The van der Waals surface area contributed by atoms with Gasteiger partial charge in [0.1, 0.15) is 18.0 Å². The summed E-state index contributed by atoms with van der Waals surface area (Å²) < 4.78 is 0. The van der Waals surface area contributed by atoms with Crippen molar-refractivity contribution in [3.05, 3.63) is 72.1 Å². The molecular weight excluding hydrogens is 304 g/mol. The molecule has 1 aromatic heterocycles. The lowest BCUT2D eigenvalue weighted by molar-refractivity contribution is 0.0697. The van der Waals surface area contributed by atoms with Crippen LogP contribution in [0.4, 0.5) is 23.0 Å². The molecule has 0 fully saturated rings. The summed E-state index contributed by atoms with van der Waals surface area (Å²) in [4.78, 5) is 19.2. The maximum absolute atomic E-state index is 10.9. The normalized spacial score (nSPS) is 10.2. The predicted octanol–water partition coefficient (Wildman–Crippen LogP) is 3.97. The highest BCUT2D eigenvalue weighted by Crippen LogP contribution is 2.20. The number of aromatic nitrogens is 2. The van der Waals surface area contributed by atoms with Gasteiger partial charge in [-0.2, -0.15) is 0 Å². The standard InChI is InChI=1S/C18H16N4O2/c1-12-2-6-14(7-3-12)21-16-10-17(20-11-19-16)22-15-8-4-13(5-9-15)18(23)24/h2-11H,1H3,(H,23,24)(H2,19,20,21,22). The zero-order valence-corrected chi connectivity index (χ0v) is 13.0. The number of rotatable bonds is 5. The third kappa shape index (κ3) is 3.86. The number of nitrogens with zero attached hydrogens (tertiary/aromatic N) is 2. The van der Waals surface area contributed by atoms with Crippen molar-refractivity contribution in [3.63, 3.8) is 0 Å². The number of anilines is 4. The monoisotopic (exact) mass is 320 g/mol. The molecule has 0 spiro atoms. The number of carbonyl (C=O) groups is 1. The number of aryl methyl sites for hydroxylation is 1. The fourth-order valence-corrected chi connectivity index (χ4v) is 2.12. The van der Waals surface area contributed by atoms with Crippen molar-refractivity contribution in [1.29, 1.82) is 0 Å². The van der Waals surface area contributed by atoms with Gasteiger partial charge in [0.15, 0.2) is 0 Å². The highest BCUT2D eigenvalue weighted by Gasteiger charge is 2.03. The first kappa shape index (κ1) is 15.5. The minimum absolute atomic E-state index is 0.241. The Kier molecular flexibility index (Phi) is 4.38. The molecule has 24 heavy (non-hydrogen) atoms. The van der Waals surface area contributed by atoms with Gasteiger partial charge in [0.05, 0.1) is 5.56 Å². The Morgan fingerprint density at radius 1 is 0.875 bits per heavy atom. The zero-order valence-electron chi connectivity index (χ0n) is 13.0. The number of hydrogen-bond acceptors (Lipinski definition) is 5. The van der Waals surface area contributed by atoms with Crippen LogP contribution in [0.15, 0.2) is 60.9 Å². The third-order valence-electron chi connectivity index (χ3n) is 3.40. The summed E-state index contributed by atoms with van der Waals surface area (Å²) in [5, 5.41) is 15.2. The Morgan fingerprint density at radius 3 is 1.88 bits per heavy atom. The van der Waals surface area contributed by atoms with Gasteiger partial charge in [-0.3, -0.25) is 0 Å². The lowest BCUT2D eigenvalue weighted by Gasteiger charge is -2.09. The highest BCUT2D eigenvalue weighted by atomic mass is 16.4. The summed E-state index contributed by atoms with van der Waals surface area (Å²) in [6.07, 6.45) is 1.46. The third-order valence-corrected chi connectivity index (χ3v) is 3.40. The summed E-state index contributed by atoms with van der Waals surface area (Å²) >= 11 is 0. The number of carboxylic acid groups (broad SMARTS) is 1. The van der Waals surface area contributed by atoms with Crippen molar-refractivity contribution < 1.29 is 9.90 Å². The van der Waals surface area contributed by atoms with E-state index in [9.17, 15) is 4.79 Å². The summed E-state index contributed by atoms with van der Waals surface area (Å²) in [6, 6.07) is 16.3. The topological polar surface area (TPSA) is 87.1 Å². The van der Waals surface area contributed by atoms with E-state index in [1.165, 1.54) is 24.0 Å². The first-order chi connectivity index (χ1) is 11.6. The Morgan fingerprint density at radius 2 is 1.38 bits per heavy atom. The van der Waals surface area contributed by atoms with Crippen LogP contribution in [0.5, 0.6) is 0 Å². The summed E-state index contributed by atoms with van der Waals surface area (Å²) in [5.74, 6) is 0.328. The van der Waals surface area contributed by atoms with Crippen molar-refractivity contribution in [2.24, 2.45) is 0 Å². The van der Waals surface area contributed by atoms with Crippen molar-refractivity contribution in [2.45, 2.75) is 6.92 Å². The molecule has 6 nitrogen and oxygen atoms in total. The highest BCUT2D eigenvalue weighted by molar-refractivity contribution is 5.88. The number of hydrogen-bond donors (Lipinski definition) is 3. The molecule has 0 bridgehead atoms. The van der Waals surface area contributed by atoms with Crippen LogP contribution in [-0.4, -0.2) is 21.0 Å². The minimum atomic E-state index is -0.951. The minimum Gasteiger partial charge on any atom is -0.478 e. The average Bonchev–Trinajstić information content (AvgIpc) is 2.58. The van der Waals surface area contributed by atoms with Crippen molar-refractivity contribution in [1.82, 2.24) is 9.97 Å². The molecule has 0 unspecified atom stereocenters. The molecule has 3 rings (SSSR count). The molecular formula is C18H16N4O2. The molecule has 0 aliphatic rings. The van der Waals surface area contributed by atoms with E-state index >= 15 is 0 Å². The number of aromatic carboxylic acids is 1. The van der Waals surface area contributed by atoms with Gasteiger partial charge in [-0.25, -0.2) is 14.8 Å². The summed E-state index contributed by atoms with van der Waals surface area (Å²) in [7, 11) is 0. The van der Waals surface area contributed by atoms with E-state index in [0.717, 1.165) is 11.4 Å². The van der Waals surface area contributed by atoms with Gasteiger partial charge < -0.3 is 15.7 Å². The van der Waals surface area contributed by atoms with E-state index in [0.29, 0.717) is 11.6 Å². The molecule has 0 atom stereocenters. The molecule has 0 saturated carbocycles. The number of benzene rings is 2. The van der Waals surface area contributed by atoms with Crippen molar-refractivity contribution >= 4 is 29.0 Å². The Bertz CT molecular complexity index is 846. The lowest BCUT2D eigenvalue weighted by atomic mass is 10.2. The van der Waals surface area contributed by atoms with E-state index in [4.69, 9.17) is 5.11 Å². The van der Waals surface area contributed by atoms with Gasteiger partial charge in [-0.1, -0.05) is 17.7 Å². The van der Waals surface area contributed by atoms with Gasteiger partial charge in [0.2, 0.25) is 0 Å². The van der Waals surface area contributed by atoms with Crippen LogP contribution in [0.2, 0.25) is 0 Å². The van der Waals surface area contributed by atoms with E-state index < -0.39 is 5.97 Å². The molecule has 2 aromatic carbocycles. The SMILES string of the molecule is Cc1ccc(Nc2cc(Nc3ccc(C(=O)O)cc3)ncn2)cc1. The summed E-state index contributed by atoms with van der Waals surface area (Å²) in [6.45, 7) is 2.03. The van der Waals surface area contributed by atoms with Crippen LogP contribution >= 0.6 is 0 Å². The van der Waals surface area contributed by atoms with Gasteiger partial charge in [0.25, 0.3) is 0 Å².